The maximum absolute atomic E-state index is 5.54. The van der Waals surface area contributed by atoms with Crippen molar-refractivity contribution in [2.24, 2.45) is 0 Å². The molecule has 0 amide bonds. The Kier molecular flexibility index (Phi) is 1.98. The molecule has 0 saturated heterocycles. The molecule has 5 heteroatoms. The number of halogens is 1. The molecule has 0 radical (unpaired) electrons. The lowest BCUT2D eigenvalue weighted by atomic mass is 10.3. The monoisotopic (exact) mass is 195 g/mol. The van der Waals surface area contributed by atoms with Gasteiger partial charge in [-0.1, -0.05) is 0 Å². The van der Waals surface area contributed by atoms with Crippen LogP contribution in [0.2, 0.25) is 5.28 Å². The number of hydrogen-bond acceptors (Lipinski definition) is 4. The molecule has 66 valence electrons. The van der Waals surface area contributed by atoms with E-state index in [1.165, 1.54) is 0 Å². The van der Waals surface area contributed by atoms with Gasteiger partial charge in [0.1, 0.15) is 0 Å². The third kappa shape index (κ3) is 1.67. The highest BCUT2D eigenvalue weighted by molar-refractivity contribution is 6.28. The van der Waals surface area contributed by atoms with Gasteiger partial charge in [0.05, 0.1) is 11.8 Å². The van der Waals surface area contributed by atoms with Crippen molar-refractivity contribution in [1.82, 2.24) is 15.0 Å². The van der Waals surface area contributed by atoms with E-state index in [2.05, 4.69) is 15.0 Å². The Morgan fingerprint density at radius 2 is 1.85 bits per heavy atom. The molecule has 2 aromatic heterocycles. The molecule has 2 aromatic rings. The zero-order valence-corrected chi connectivity index (χ0v) is 7.62. The third-order valence-corrected chi connectivity index (χ3v) is 1.72. The van der Waals surface area contributed by atoms with E-state index >= 15 is 0 Å². The summed E-state index contributed by atoms with van der Waals surface area (Å²) in [6.07, 6.45) is 4.81. The second kappa shape index (κ2) is 3.14. The van der Waals surface area contributed by atoms with Gasteiger partial charge in [0.15, 0.2) is 11.7 Å². The van der Waals surface area contributed by atoms with Gasteiger partial charge in [0.2, 0.25) is 5.28 Å². The first-order chi connectivity index (χ1) is 6.25. The molecule has 0 bridgehead atoms. The number of rotatable bonds is 1. The highest BCUT2D eigenvalue weighted by Crippen LogP contribution is 2.18. The predicted molar refractivity (Wildman–Crippen MR) is 47.3 cm³/mol. The summed E-state index contributed by atoms with van der Waals surface area (Å²) in [6.45, 7) is 1.78. The topological polar surface area (TPSA) is 51.8 Å². The fourth-order valence-corrected chi connectivity index (χ4v) is 1.03. The van der Waals surface area contributed by atoms with E-state index in [9.17, 15) is 0 Å². The SMILES string of the molecule is Cc1ncc(-c2cnc(Cl)nc2)o1. The molecular weight excluding hydrogens is 190 g/mol. The van der Waals surface area contributed by atoms with Gasteiger partial charge < -0.3 is 4.42 Å². The van der Waals surface area contributed by atoms with E-state index < -0.39 is 0 Å². The standard InChI is InChI=1S/C8H6ClN3O/c1-5-10-4-7(13-5)6-2-11-8(9)12-3-6/h2-4H,1H3. The van der Waals surface area contributed by atoms with Crippen LogP contribution in [0.1, 0.15) is 5.89 Å². The average molecular weight is 196 g/mol. The highest BCUT2D eigenvalue weighted by Gasteiger charge is 2.03. The normalized spacial score (nSPS) is 10.3. The van der Waals surface area contributed by atoms with Crippen molar-refractivity contribution >= 4 is 11.6 Å². The number of aryl methyl sites for hydroxylation is 1. The summed E-state index contributed by atoms with van der Waals surface area (Å²) in [5, 5.41) is 0.222. The molecular formula is C8H6ClN3O. The predicted octanol–water partition coefficient (Wildman–Crippen LogP) is 2.09. The smallest absolute Gasteiger partial charge is 0.222 e. The van der Waals surface area contributed by atoms with Crippen LogP contribution in [0, 0.1) is 6.92 Å². The van der Waals surface area contributed by atoms with Gasteiger partial charge in [-0.05, 0) is 11.6 Å². The molecule has 0 saturated carbocycles. The van der Waals surface area contributed by atoms with E-state index in [1.807, 2.05) is 0 Å². The van der Waals surface area contributed by atoms with Crippen molar-refractivity contribution in [2.75, 3.05) is 0 Å². The van der Waals surface area contributed by atoms with Crippen LogP contribution in [0.15, 0.2) is 23.0 Å². The van der Waals surface area contributed by atoms with Crippen molar-refractivity contribution in [3.05, 3.63) is 29.8 Å². The van der Waals surface area contributed by atoms with Crippen LogP contribution in [0.3, 0.4) is 0 Å². The summed E-state index contributed by atoms with van der Waals surface area (Å²) in [5.41, 5.74) is 0.769. The summed E-state index contributed by atoms with van der Waals surface area (Å²) in [6, 6.07) is 0. The minimum atomic E-state index is 0.222. The van der Waals surface area contributed by atoms with Gasteiger partial charge >= 0.3 is 0 Å². The van der Waals surface area contributed by atoms with Crippen LogP contribution >= 0.6 is 11.6 Å². The van der Waals surface area contributed by atoms with Crippen LogP contribution in [-0.4, -0.2) is 15.0 Å². The van der Waals surface area contributed by atoms with Crippen LogP contribution in [0.4, 0.5) is 0 Å². The van der Waals surface area contributed by atoms with Gasteiger partial charge in [0, 0.05) is 19.3 Å². The minimum absolute atomic E-state index is 0.222. The van der Waals surface area contributed by atoms with Gasteiger partial charge in [-0.2, -0.15) is 0 Å². The quantitative estimate of drug-likeness (QED) is 0.654. The van der Waals surface area contributed by atoms with Crippen molar-refractivity contribution in [3.8, 4) is 11.3 Å². The van der Waals surface area contributed by atoms with E-state index in [4.69, 9.17) is 16.0 Å². The second-order valence-electron chi connectivity index (χ2n) is 2.48. The maximum Gasteiger partial charge on any atom is 0.222 e. The molecule has 0 aromatic carbocycles. The zero-order valence-electron chi connectivity index (χ0n) is 6.86. The van der Waals surface area contributed by atoms with Crippen molar-refractivity contribution < 1.29 is 4.42 Å². The number of aromatic nitrogens is 3. The van der Waals surface area contributed by atoms with Crippen LogP contribution in [0.5, 0.6) is 0 Å². The lowest BCUT2D eigenvalue weighted by Gasteiger charge is -1.93. The molecule has 2 heterocycles. The summed E-state index contributed by atoms with van der Waals surface area (Å²) in [4.78, 5) is 11.6. The Morgan fingerprint density at radius 3 is 2.38 bits per heavy atom. The largest absolute Gasteiger partial charge is 0.441 e. The molecule has 2 rings (SSSR count). The van der Waals surface area contributed by atoms with E-state index in [0.29, 0.717) is 11.7 Å². The average Bonchev–Trinajstić information content (AvgIpc) is 2.53. The number of nitrogens with zero attached hydrogens (tertiary/aromatic N) is 3. The second-order valence-corrected chi connectivity index (χ2v) is 2.82. The van der Waals surface area contributed by atoms with Gasteiger partial charge in [-0.3, -0.25) is 0 Å². The van der Waals surface area contributed by atoms with Crippen molar-refractivity contribution in [2.45, 2.75) is 6.92 Å². The maximum atomic E-state index is 5.54. The number of hydrogen-bond donors (Lipinski definition) is 0. The van der Waals surface area contributed by atoms with Crippen molar-refractivity contribution in [1.29, 1.82) is 0 Å². The summed E-state index contributed by atoms with van der Waals surface area (Å²) in [5.74, 6) is 1.26. The molecule has 13 heavy (non-hydrogen) atoms. The molecule has 0 aliphatic heterocycles. The van der Waals surface area contributed by atoms with E-state index in [-0.39, 0.29) is 5.28 Å². The Morgan fingerprint density at radius 1 is 1.15 bits per heavy atom. The fraction of sp³-hybridized carbons (Fsp3) is 0.125. The summed E-state index contributed by atoms with van der Waals surface area (Å²) in [7, 11) is 0. The molecule has 0 spiro atoms. The third-order valence-electron chi connectivity index (χ3n) is 1.53. The zero-order chi connectivity index (χ0) is 9.26. The highest BCUT2D eigenvalue weighted by atomic mass is 35.5. The number of oxazole rings is 1. The summed E-state index contributed by atoms with van der Waals surface area (Å²) >= 11 is 5.54. The van der Waals surface area contributed by atoms with Crippen molar-refractivity contribution in [3.63, 3.8) is 0 Å². The lowest BCUT2D eigenvalue weighted by Crippen LogP contribution is -1.82. The molecule has 0 aliphatic rings. The molecule has 0 unspecified atom stereocenters. The first-order valence-corrected chi connectivity index (χ1v) is 4.04. The Bertz CT molecular complexity index is 410. The van der Waals surface area contributed by atoms with Crippen LogP contribution in [0.25, 0.3) is 11.3 Å². The van der Waals surface area contributed by atoms with E-state index in [0.717, 1.165) is 5.56 Å². The summed E-state index contributed by atoms with van der Waals surface area (Å²) < 4.78 is 5.28. The minimum Gasteiger partial charge on any atom is -0.441 e. The fourth-order valence-electron chi connectivity index (χ4n) is 0.934. The van der Waals surface area contributed by atoms with Gasteiger partial charge in [-0.25, -0.2) is 15.0 Å². The molecule has 0 atom stereocenters. The molecule has 0 fully saturated rings. The van der Waals surface area contributed by atoms with E-state index in [1.54, 1.807) is 25.5 Å². The van der Waals surface area contributed by atoms with Crippen LogP contribution < -0.4 is 0 Å². The molecule has 4 nitrogen and oxygen atoms in total. The first-order valence-electron chi connectivity index (χ1n) is 3.66. The van der Waals surface area contributed by atoms with Gasteiger partial charge in [0.25, 0.3) is 0 Å². The molecule has 0 N–H and O–H groups in total. The Hall–Kier alpha value is -1.42. The molecule has 0 aliphatic carbocycles. The van der Waals surface area contributed by atoms with Gasteiger partial charge in [-0.15, -0.1) is 0 Å². The Balaban J connectivity index is 2.41. The first kappa shape index (κ1) is 8.19. The Labute approximate surface area is 79.6 Å². The lowest BCUT2D eigenvalue weighted by molar-refractivity contribution is 0.534. The van der Waals surface area contributed by atoms with Crippen LogP contribution in [-0.2, 0) is 0 Å².